The molecule has 0 saturated heterocycles. The molecule has 1 unspecified atom stereocenters. The van der Waals surface area contributed by atoms with Crippen molar-refractivity contribution in [3.05, 3.63) is 65.7 Å². The van der Waals surface area contributed by atoms with E-state index >= 15 is 0 Å². The van der Waals surface area contributed by atoms with Crippen LogP contribution in [0, 0.1) is 0 Å². The molecule has 2 heterocycles. The minimum Gasteiger partial charge on any atom is -0.321 e. The average Bonchev–Trinajstić information content (AvgIpc) is 3.38. The monoisotopic (exact) mass is 402 g/mol. The molecule has 4 aromatic rings. The molecule has 1 atom stereocenters. The van der Waals surface area contributed by atoms with Crippen LogP contribution in [-0.2, 0) is 12.0 Å². The fraction of sp³-hybridized carbons (Fsp3) is 0.318. The summed E-state index contributed by atoms with van der Waals surface area (Å²) >= 11 is 0. The summed E-state index contributed by atoms with van der Waals surface area (Å²) in [6, 6.07) is 16.3. The smallest absolute Gasteiger partial charge is 0.205 e. The van der Waals surface area contributed by atoms with Gasteiger partial charge in [0.15, 0.2) is 5.82 Å². The number of benzene rings is 2. The van der Waals surface area contributed by atoms with Gasteiger partial charge in [0.2, 0.25) is 5.82 Å². The number of nitrogens with zero attached hydrogens (tertiary/aromatic N) is 6. The Balaban J connectivity index is 1.64. The predicted molar refractivity (Wildman–Crippen MR) is 115 cm³/mol. The second-order valence-electron chi connectivity index (χ2n) is 8.47. The number of H-pyrrole nitrogens is 1. The van der Waals surface area contributed by atoms with Crippen molar-refractivity contribution >= 4 is 0 Å². The quantitative estimate of drug-likeness (QED) is 0.528. The van der Waals surface area contributed by atoms with Gasteiger partial charge in [-0.3, -0.25) is 0 Å². The summed E-state index contributed by atoms with van der Waals surface area (Å²) in [5.41, 5.74) is 10.1. The van der Waals surface area contributed by atoms with Crippen molar-refractivity contribution in [2.75, 3.05) is 0 Å². The molecular formula is C22H26N8. The minimum absolute atomic E-state index is 0.121. The second kappa shape index (κ2) is 7.79. The lowest BCUT2D eigenvalue weighted by Gasteiger charge is -2.18. The minimum atomic E-state index is -0.198. The van der Waals surface area contributed by atoms with Crippen LogP contribution in [0.2, 0.25) is 0 Å². The van der Waals surface area contributed by atoms with Crippen molar-refractivity contribution in [2.24, 2.45) is 5.73 Å². The topological polar surface area (TPSA) is 111 Å². The van der Waals surface area contributed by atoms with Crippen LogP contribution >= 0.6 is 0 Å². The Bertz CT molecular complexity index is 1120. The lowest BCUT2D eigenvalue weighted by molar-refractivity contribution is 0.490. The van der Waals surface area contributed by atoms with Crippen LogP contribution in [0.15, 0.2) is 48.5 Å². The normalized spacial score (nSPS) is 12.8. The van der Waals surface area contributed by atoms with E-state index in [2.05, 4.69) is 81.8 Å². The van der Waals surface area contributed by atoms with Crippen LogP contribution in [0.5, 0.6) is 0 Å². The number of hydrogen-bond acceptors (Lipinski definition) is 6. The van der Waals surface area contributed by atoms with Gasteiger partial charge in [-0.25, -0.2) is 9.67 Å². The third-order valence-electron chi connectivity index (χ3n) is 4.88. The van der Waals surface area contributed by atoms with Crippen LogP contribution in [0.1, 0.15) is 50.9 Å². The van der Waals surface area contributed by atoms with Gasteiger partial charge in [-0.05, 0) is 28.8 Å². The van der Waals surface area contributed by atoms with Crippen molar-refractivity contribution in [3.8, 4) is 22.5 Å². The Labute approximate surface area is 175 Å². The molecule has 0 amide bonds. The summed E-state index contributed by atoms with van der Waals surface area (Å²) in [6.07, 6.45) is 0. The van der Waals surface area contributed by atoms with Gasteiger partial charge in [-0.2, -0.15) is 10.3 Å². The molecule has 8 heteroatoms. The average molecular weight is 403 g/mol. The van der Waals surface area contributed by atoms with E-state index in [9.17, 15) is 0 Å². The van der Waals surface area contributed by atoms with Crippen LogP contribution in [0.3, 0.4) is 0 Å². The predicted octanol–water partition coefficient (Wildman–Crippen LogP) is 3.49. The Morgan fingerprint density at radius 3 is 2.33 bits per heavy atom. The summed E-state index contributed by atoms with van der Waals surface area (Å²) in [5.74, 6) is 2.18. The molecule has 0 aliphatic rings. The first kappa shape index (κ1) is 19.9. The molecule has 0 fully saturated rings. The maximum absolute atomic E-state index is 6.02. The zero-order chi connectivity index (χ0) is 21.3. The molecule has 2 aromatic heterocycles. The molecule has 30 heavy (non-hydrogen) atoms. The Kier molecular flexibility index (Phi) is 5.17. The van der Waals surface area contributed by atoms with Gasteiger partial charge in [0.25, 0.3) is 0 Å². The molecule has 154 valence electrons. The largest absolute Gasteiger partial charge is 0.321 e. The van der Waals surface area contributed by atoms with E-state index in [1.807, 2.05) is 29.8 Å². The van der Waals surface area contributed by atoms with Crippen LogP contribution in [0.25, 0.3) is 22.5 Å². The van der Waals surface area contributed by atoms with Gasteiger partial charge in [-0.15, -0.1) is 10.2 Å². The number of aromatic nitrogens is 7. The van der Waals surface area contributed by atoms with Crippen molar-refractivity contribution in [1.29, 1.82) is 0 Å². The number of rotatable bonds is 5. The van der Waals surface area contributed by atoms with Crippen LogP contribution in [0.4, 0.5) is 0 Å². The Hall–Kier alpha value is -3.39. The second-order valence-corrected chi connectivity index (χ2v) is 8.47. The van der Waals surface area contributed by atoms with Gasteiger partial charge < -0.3 is 5.73 Å². The van der Waals surface area contributed by atoms with Crippen molar-refractivity contribution in [3.63, 3.8) is 0 Å². The number of tetrazole rings is 1. The molecule has 4 rings (SSSR count). The first-order valence-electron chi connectivity index (χ1n) is 9.96. The number of nitrogens with two attached hydrogens (primary N) is 1. The molecule has 3 N–H and O–H groups in total. The van der Waals surface area contributed by atoms with E-state index in [1.165, 1.54) is 0 Å². The van der Waals surface area contributed by atoms with Crippen LogP contribution < -0.4 is 5.73 Å². The number of hydrogen-bond donors (Lipinski definition) is 2. The summed E-state index contributed by atoms with van der Waals surface area (Å²) in [6.45, 7) is 8.95. The fourth-order valence-corrected chi connectivity index (χ4v) is 3.39. The molecule has 0 spiro atoms. The highest BCUT2D eigenvalue weighted by atomic mass is 15.5. The molecule has 0 radical (unpaired) electrons. The Morgan fingerprint density at radius 2 is 1.73 bits per heavy atom. The highest BCUT2D eigenvalue weighted by molar-refractivity contribution is 5.80. The van der Waals surface area contributed by atoms with Gasteiger partial charge in [0.05, 0.1) is 12.6 Å². The summed E-state index contributed by atoms with van der Waals surface area (Å²) < 4.78 is 1.96. The molecule has 2 aromatic carbocycles. The molecule has 0 saturated carbocycles. The molecule has 0 aliphatic heterocycles. The highest BCUT2D eigenvalue weighted by Gasteiger charge is 2.24. The third kappa shape index (κ3) is 3.99. The maximum atomic E-state index is 6.02. The lowest BCUT2D eigenvalue weighted by atomic mass is 9.95. The standard InChI is InChI=1S/C22H26N8/c1-14(23)19-24-21(22(2,3)4)30(27-19)13-15-9-11-16(12-10-15)17-7-5-6-8-18(17)20-25-28-29-26-20/h5-12,14H,13,23H2,1-4H3,(H,25,26,28,29). The number of nitrogens with one attached hydrogen (secondary N) is 1. The molecular weight excluding hydrogens is 376 g/mol. The van der Waals surface area contributed by atoms with E-state index in [0.29, 0.717) is 18.2 Å². The van der Waals surface area contributed by atoms with Crippen molar-refractivity contribution < 1.29 is 0 Å². The van der Waals surface area contributed by atoms with E-state index in [1.54, 1.807) is 0 Å². The van der Waals surface area contributed by atoms with E-state index in [4.69, 9.17) is 5.73 Å². The van der Waals surface area contributed by atoms with Gasteiger partial charge in [0.1, 0.15) is 5.82 Å². The van der Waals surface area contributed by atoms with E-state index in [-0.39, 0.29) is 11.5 Å². The first-order valence-corrected chi connectivity index (χ1v) is 9.96. The van der Waals surface area contributed by atoms with E-state index < -0.39 is 0 Å². The zero-order valence-corrected chi connectivity index (χ0v) is 17.7. The molecule has 8 nitrogen and oxygen atoms in total. The van der Waals surface area contributed by atoms with Gasteiger partial charge in [0, 0.05) is 11.0 Å². The summed E-state index contributed by atoms with van der Waals surface area (Å²) in [7, 11) is 0. The number of aromatic amines is 1. The zero-order valence-electron chi connectivity index (χ0n) is 17.7. The first-order chi connectivity index (χ1) is 14.3. The van der Waals surface area contributed by atoms with Gasteiger partial charge >= 0.3 is 0 Å². The lowest BCUT2D eigenvalue weighted by Crippen LogP contribution is -2.20. The SMILES string of the molecule is CC(N)c1nc(C(C)(C)C)n(Cc2ccc(-c3ccccc3-c3nn[nH]n3)cc2)n1. The molecule has 0 bridgehead atoms. The van der Waals surface area contributed by atoms with Crippen molar-refractivity contribution in [1.82, 2.24) is 35.4 Å². The molecule has 0 aliphatic carbocycles. The van der Waals surface area contributed by atoms with Gasteiger partial charge in [-0.1, -0.05) is 69.3 Å². The van der Waals surface area contributed by atoms with Crippen LogP contribution in [-0.4, -0.2) is 35.4 Å². The highest BCUT2D eigenvalue weighted by Crippen LogP contribution is 2.30. The van der Waals surface area contributed by atoms with E-state index in [0.717, 1.165) is 28.1 Å². The summed E-state index contributed by atoms with van der Waals surface area (Å²) in [5, 5.41) is 19.1. The Morgan fingerprint density at radius 1 is 1.03 bits per heavy atom. The maximum Gasteiger partial charge on any atom is 0.205 e. The summed E-state index contributed by atoms with van der Waals surface area (Å²) in [4.78, 5) is 4.69. The fourth-order valence-electron chi connectivity index (χ4n) is 3.39. The van der Waals surface area contributed by atoms with Crippen molar-refractivity contribution in [2.45, 2.75) is 45.7 Å². The third-order valence-corrected chi connectivity index (χ3v) is 4.88.